The third-order valence-corrected chi connectivity index (χ3v) is 30.7. The molecular formula is C110H158Br2O2S3. The van der Waals surface area contributed by atoms with Gasteiger partial charge >= 0.3 is 0 Å². The van der Waals surface area contributed by atoms with Crippen LogP contribution >= 0.6 is 65.9 Å². The van der Waals surface area contributed by atoms with Crippen molar-refractivity contribution in [3.05, 3.63) is 210 Å². The molecule has 0 saturated heterocycles. The van der Waals surface area contributed by atoms with Crippen molar-refractivity contribution in [3.63, 3.8) is 0 Å². The van der Waals surface area contributed by atoms with Crippen molar-refractivity contribution in [2.75, 3.05) is 0 Å². The molecule has 3 aromatic heterocycles. The molecule has 2 N–H and O–H groups in total. The van der Waals surface area contributed by atoms with Gasteiger partial charge in [-0.25, -0.2) is 0 Å². The van der Waals surface area contributed by atoms with Crippen LogP contribution in [0.2, 0.25) is 0 Å². The van der Waals surface area contributed by atoms with Gasteiger partial charge in [0.2, 0.25) is 0 Å². The lowest BCUT2D eigenvalue weighted by atomic mass is 9.77. The van der Waals surface area contributed by atoms with Crippen LogP contribution in [0.5, 0.6) is 0 Å². The summed E-state index contributed by atoms with van der Waals surface area (Å²) in [6, 6.07) is 54.1. The van der Waals surface area contributed by atoms with E-state index in [2.05, 4.69) is 205 Å². The van der Waals surface area contributed by atoms with Crippen molar-refractivity contribution >= 4 is 84.7 Å². The highest BCUT2D eigenvalue weighted by Crippen LogP contribution is 2.53. The number of halogens is 2. The number of hydrogen-bond donors (Lipinski definition) is 2. The van der Waals surface area contributed by atoms with E-state index in [-0.39, 0.29) is 0 Å². The molecule has 6 aromatic carbocycles. The summed E-state index contributed by atoms with van der Waals surface area (Å²) in [5.41, 5.74) is 9.96. The maximum atomic E-state index is 14.1. The second-order valence-electron chi connectivity index (χ2n) is 35.7. The number of rotatable bonds is 68. The topological polar surface area (TPSA) is 40.5 Å². The van der Waals surface area contributed by atoms with E-state index in [9.17, 15) is 10.2 Å². The van der Waals surface area contributed by atoms with Crippen molar-refractivity contribution in [1.29, 1.82) is 0 Å². The second-order valence-corrected chi connectivity index (χ2v) is 40.7. The van der Waals surface area contributed by atoms with Crippen LogP contribution in [-0.4, -0.2) is 10.2 Å². The molecule has 0 atom stereocenters. The largest absolute Gasteiger partial charge is 0.376 e. The molecule has 0 aliphatic carbocycles. The number of hydrogen-bond acceptors (Lipinski definition) is 5. The van der Waals surface area contributed by atoms with Gasteiger partial charge in [-0.1, -0.05) is 503 Å². The molecule has 0 aliphatic heterocycles. The van der Waals surface area contributed by atoms with Crippen LogP contribution < -0.4 is 0 Å². The molecule has 0 aliphatic rings. The molecule has 117 heavy (non-hydrogen) atoms. The van der Waals surface area contributed by atoms with Crippen molar-refractivity contribution in [2.24, 2.45) is 0 Å². The predicted octanol–water partition coefficient (Wildman–Crippen LogP) is 37.7. The number of fused-ring (bicyclic) bond motifs is 3. The van der Waals surface area contributed by atoms with Gasteiger partial charge in [-0.3, -0.25) is 0 Å². The highest BCUT2D eigenvalue weighted by Gasteiger charge is 2.39. The molecule has 0 saturated carbocycles. The van der Waals surface area contributed by atoms with E-state index in [1.54, 1.807) is 0 Å². The minimum Gasteiger partial charge on any atom is -0.376 e. The van der Waals surface area contributed by atoms with Crippen LogP contribution in [0.3, 0.4) is 0 Å². The maximum Gasteiger partial charge on any atom is 0.141 e. The smallest absolute Gasteiger partial charge is 0.141 e. The van der Waals surface area contributed by atoms with Crippen LogP contribution in [0.25, 0.3) is 39.7 Å². The van der Waals surface area contributed by atoms with Gasteiger partial charge in [-0.05, 0) is 143 Å². The summed E-state index contributed by atoms with van der Waals surface area (Å²) in [6.07, 6.45) is 80.6. The standard InChI is InChI=1S/C110H158Br2O2S3/c1-5-9-13-17-21-25-29-33-37-41-45-49-53-57-61-89-65-73-93(74-66-89)109(113,94-75-67-90(68-76-94)62-58-54-50-46-42-38-34-30-26-22-18-14-10-6-2)101-85-97(111)81-83-99(101)103-87-105-107(116-103)108-106(115-105)88-104(117-108)100-84-82-98(112)86-102(100)110(114,95-77-69-91(70-78-95)63-59-55-51-47-43-39-35-31-27-23-19-15-11-7-3)96-79-71-92(72-80-96)64-60-56-52-48-44-40-36-32-28-24-20-16-12-8-4/h65-88,113-114H,5-64H2,1-4H3. The molecule has 7 heteroatoms. The van der Waals surface area contributed by atoms with Gasteiger partial charge < -0.3 is 10.2 Å². The lowest BCUT2D eigenvalue weighted by molar-refractivity contribution is 0.126. The predicted molar refractivity (Wildman–Crippen MR) is 527 cm³/mol. The van der Waals surface area contributed by atoms with Crippen molar-refractivity contribution in [3.8, 4) is 20.9 Å². The molecule has 0 spiro atoms. The Morgan fingerprint density at radius 1 is 0.222 bits per heavy atom. The first kappa shape index (κ1) is 96.6. The summed E-state index contributed by atoms with van der Waals surface area (Å²) in [5.74, 6) is 0. The molecule has 3 heterocycles. The quantitative estimate of drug-likeness (QED) is 0.0295. The summed E-state index contributed by atoms with van der Waals surface area (Å²) in [4.78, 5) is 2.30. The number of unbranched alkanes of at least 4 members (excludes halogenated alkanes) is 52. The van der Waals surface area contributed by atoms with Crippen molar-refractivity contribution < 1.29 is 10.2 Å². The van der Waals surface area contributed by atoms with E-state index < -0.39 is 11.2 Å². The Bertz CT molecular complexity index is 3630. The zero-order chi connectivity index (χ0) is 82.1. The third kappa shape index (κ3) is 33.1. The van der Waals surface area contributed by atoms with Gasteiger partial charge in [0.05, 0.1) is 9.40 Å². The summed E-state index contributed by atoms with van der Waals surface area (Å²) < 4.78 is 6.97. The average molecular weight is 1770 g/mol. The zero-order valence-corrected chi connectivity index (χ0v) is 79.8. The number of aliphatic hydroxyl groups is 2. The van der Waals surface area contributed by atoms with Crippen LogP contribution in [0, 0.1) is 0 Å². The monoisotopic (exact) mass is 1760 g/mol. The average Bonchev–Trinajstić information content (AvgIpc) is 1.66. The van der Waals surface area contributed by atoms with Crippen LogP contribution in [-0.2, 0) is 36.9 Å². The molecule has 0 unspecified atom stereocenters. The van der Waals surface area contributed by atoms with Gasteiger partial charge in [0.1, 0.15) is 11.2 Å². The van der Waals surface area contributed by atoms with E-state index in [0.29, 0.717) is 0 Å². The first-order valence-electron chi connectivity index (χ1n) is 49.0. The van der Waals surface area contributed by atoms with Crippen molar-refractivity contribution in [1.82, 2.24) is 0 Å². The Morgan fingerprint density at radius 3 is 0.607 bits per heavy atom. The SMILES string of the molecule is CCCCCCCCCCCCCCCCc1ccc(C(O)(c2ccc(CCCCCCCCCCCCCCCC)cc2)c2cc(Br)ccc2-c2cc3sc4cc(-c5ccc(Br)cc5C(O)(c5ccc(CCCCCCCCCCCCCCCC)cc5)c5ccc(CCCCCCCCCCCCCCCC)cc5)sc4c3s2)cc1. The summed E-state index contributed by atoms with van der Waals surface area (Å²) >= 11 is 13.5. The van der Waals surface area contributed by atoms with Gasteiger partial charge in [-0.2, -0.15) is 0 Å². The molecule has 0 bridgehead atoms. The Labute approximate surface area is 743 Å². The molecule has 0 fully saturated rings. The van der Waals surface area contributed by atoms with Gasteiger partial charge in [0.15, 0.2) is 0 Å². The van der Waals surface area contributed by atoms with Gasteiger partial charge in [-0.15, -0.1) is 34.0 Å². The second kappa shape index (κ2) is 57.3. The fraction of sp³-hybridized carbons (Fsp3) is 0.600. The van der Waals surface area contributed by atoms with E-state index >= 15 is 0 Å². The lowest BCUT2D eigenvalue weighted by Gasteiger charge is -2.32. The summed E-state index contributed by atoms with van der Waals surface area (Å²) in [6.45, 7) is 9.23. The number of benzene rings is 6. The first-order chi connectivity index (χ1) is 57.6. The molecule has 0 amide bonds. The zero-order valence-electron chi connectivity index (χ0n) is 74.2. The Balaban J connectivity index is 0.920. The summed E-state index contributed by atoms with van der Waals surface area (Å²) in [5, 5.41) is 28.2. The number of thiophene rings is 3. The van der Waals surface area contributed by atoms with Crippen molar-refractivity contribution in [2.45, 2.75) is 424 Å². The number of aryl methyl sites for hydroxylation is 4. The van der Waals surface area contributed by atoms with Crippen LogP contribution in [0.15, 0.2) is 155 Å². The lowest BCUT2D eigenvalue weighted by Crippen LogP contribution is -2.29. The third-order valence-electron chi connectivity index (χ3n) is 25.9. The normalized spacial score (nSPS) is 12.1. The minimum absolute atomic E-state index is 0.887. The van der Waals surface area contributed by atoms with E-state index in [1.165, 1.54) is 401 Å². The fourth-order valence-electron chi connectivity index (χ4n) is 18.4. The van der Waals surface area contributed by atoms with E-state index in [4.69, 9.17) is 0 Å². The Hall–Kier alpha value is -4.18. The molecule has 642 valence electrons. The van der Waals surface area contributed by atoms with Gasteiger partial charge in [0.25, 0.3) is 0 Å². The highest BCUT2D eigenvalue weighted by atomic mass is 79.9. The maximum absolute atomic E-state index is 14.1. The molecule has 2 nitrogen and oxygen atoms in total. The minimum atomic E-state index is -1.43. The van der Waals surface area contributed by atoms with E-state index in [1.807, 2.05) is 34.0 Å². The first-order valence-corrected chi connectivity index (χ1v) is 53.0. The Kier molecular flexibility index (Phi) is 47.3. The molecule has 9 aromatic rings. The summed E-state index contributed by atoms with van der Waals surface area (Å²) in [7, 11) is 0. The van der Waals surface area contributed by atoms with Crippen LogP contribution in [0.1, 0.15) is 443 Å². The Morgan fingerprint density at radius 2 is 0.410 bits per heavy atom. The van der Waals surface area contributed by atoms with Gasteiger partial charge in [0, 0.05) is 39.2 Å². The van der Waals surface area contributed by atoms with Crippen LogP contribution in [0.4, 0.5) is 0 Å². The molecule has 0 radical (unpaired) electrons. The van der Waals surface area contributed by atoms with E-state index in [0.717, 1.165) is 88.9 Å². The molecular weight excluding hydrogens is 1610 g/mol. The molecule has 9 rings (SSSR count). The fourth-order valence-corrected chi connectivity index (χ4v) is 23.2. The highest BCUT2D eigenvalue weighted by molar-refractivity contribution is 9.10.